The van der Waals surface area contributed by atoms with E-state index in [-0.39, 0.29) is 31.3 Å². The summed E-state index contributed by atoms with van der Waals surface area (Å²) in [6, 6.07) is 6.42. The van der Waals surface area contributed by atoms with Gasteiger partial charge in [-0.1, -0.05) is 12.1 Å². The molecule has 1 aliphatic rings. The Balaban J connectivity index is 1.85. The third-order valence-corrected chi connectivity index (χ3v) is 3.47. The molecule has 0 spiro atoms. The van der Waals surface area contributed by atoms with Crippen molar-refractivity contribution >= 4 is 11.9 Å². The average Bonchev–Trinajstić information content (AvgIpc) is 2.51. The maximum Gasteiger partial charge on any atom is 0.338 e. The van der Waals surface area contributed by atoms with Crippen LogP contribution in [-0.4, -0.2) is 53.8 Å². The first-order valence-electron chi connectivity index (χ1n) is 7.29. The minimum Gasteiger partial charge on any atom is -0.452 e. The maximum atomic E-state index is 12.1. The zero-order valence-corrected chi connectivity index (χ0v) is 12.8. The number of ether oxygens (including phenoxy) is 2. The summed E-state index contributed by atoms with van der Waals surface area (Å²) in [5.41, 5.74) is 1.07. The second-order valence-corrected chi connectivity index (χ2v) is 5.49. The molecule has 2 rings (SSSR count). The molecule has 1 aliphatic heterocycles. The number of nitrogens with zero attached hydrogens (tertiary/aromatic N) is 1. The van der Waals surface area contributed by atoms with Crippen molar-refractivity contribution in [1.29, 1.82) is 0 Å². The van der Waals surface area contributed by atoms with Crippen LogP contribution >= 0.6 is 0 Å². The zero-order chi connectivity index (χ0) is 16.1. The van der Waals surface area contributed by atoms with Crippen molar-refractivity contribution in [3.63, 3.8) is 0 Å². The number of hydrogen-bond acceptors (Lipinski definition) is 5. The van der Waals surface area contributed by atoms with Crippen LogP contribution in [0.25, 0.3) is 0 Å². The van der Waals surface area contributed by atoms with E-state index in [9.17, 15) is 9.59 Å². The minimum absolute atomic E-state index is 0.0190. The largest absolute Gasteiger partial charge is 0.452 e. The van der Waals surface area contributed by atoms with Gasteiger partial charge in [-0.3, -0.25) is 4.79 Å². The molecule has 1 heterocycles. The molecule has 1 N–H and O–H groups in total. The van der Waals surface area contributed by atoms with Crippen LogP contribution in [0.5, 0.6) is 0 Å². The fraction of sp³-hybridized carbons (Fsp3) is 0.500. The first-order valence-corrected chi connectivity index (χ1v) is 7.29. The fourth-order valence-electron chi connectivity index (χ4n) is 2.43. The molecule has 6 heteroatoms. The molecule has 1 aromatic carbocycles. The maximum absolute atomic E-state index is 12.1. The van der Waals surface area contributed by atoms with Crippen LogP contribution in [-0.2, 0) is 20.9 Å². The number of morpholine rings is 1. The molecular weight excluding hydrogens is 286 g/mol. The predicted octanol–water partition coefficient (Wildman–Crippen LogP) is 0.971. The Hall–Kier alpha value is -1.92. The summed E-state index contributed by atoms with van der Waals surface area (Å²) in [6.45, 7) is 4.47. The molecule has 6 nitrogen and oxygen atoms in total. The first-order chi connectivity index (χ1) is 10.5. The highest BCUT2D eigenvalue weighted by Crippen LogP contribution is 2.11. The van der Waals surface area contributed by atoms with Gasteiger partial charge in [0.05, 0.1) is 24.4 Å². The Morgan fingerprint density at radius 3 is 2.36 bits per heavy atom. The van der Waals surface area contributed by atoms with Crippen LogP contribution in [0, 0.1) is 0 Å². The van der Waals surface area contributed by atoms with Gasteiger partial charge < -0.3 is 19.5 Å². The van der Waals surface area contributed by atoms with Gasteiger partial charge in [-0.15, -0.1) is 0 Å². The Morgan fingerprint density at radius 2 is 1.82 bits per heavy atom. The summed E-state index contributed by atoms with van der Waals surface area (Å²) in [7, 11) is 0. The van der Waals surface area contributed by atoms with Crippen LogP contribution < -0.4 is 0 Å². The van der Waals surface area contributed by atoms with Gasteiger partial charge in [0.2, 0.25) is 0 Å². The highest BCUT2D eigenvalue weighted by atomic mass is 16.5. The Morgan fingerprint density at radius 1 is 1.23 bits per heavy atom. The number of hydrogen-bond donors (Lipinski definition) is 1. The van der Waals surface area contributed by atoms with Crippen LogP contribution in [0.1, 0.15) is 29.8 Å². The molecule has 1 fully saturated rings. The quantitative estimate of drug-likeness (QED) is 0.839. The Labute approximate surface area is 129 Å². The molecule has 0 aromatic heterocycles. The van der Waals surface area contributed by atoms with E-state index in [1.807, 2.05) is 13.8 Å². The van der Waals surface area contributed by atoms with Crippen LogP contribution in [0.3, 0.4) is 0 Å². The van der Waals surface area contributed by atoms with Crippen molar-refractivity contribution in [3.05, 3.63) is 35.4 Å². The van der Waals surface area contributed by atoms with Gasteiger partial charge >= 0.3 is 5.97 Å². The molecule has 1 saturated heterocycles. The van der Waals surface area contributed by atoms with Gasteiger partial charge in [0.1, 0.15) is 0 Å². The lowest BCUT2D eigenvalue weighted by atomic mass is 10.1. The summed E-state index contributed by atoms with van der Waals surface area (Å²) in [5.74, 6) is -0.769. The van der Waals surface area contributed by atoms with E-state index in [4.69, 9.17) is 14.6 Å². The van der Waals surface area contributed by atoms with E-state index in [0.717, 1.165) is 0 Å². The van der Waals surface area contributed by atoms with Crippen molar-refractivity contribution in [2.24, 2.45) is 0 Å². The second-order valence-electron chi connectivity index (χ2n) is 5.49. The third-order valence-electron chi connectivity index (χ3n) is 3.47. The topological polar surface area (TPSA) is 76.1 Å². The standard InChI is InChI=1S/C16H21NO5/c1-11-7-17(8-12(2)22-11)15(19)10-21-16(20)14-5-3-13(9-18)4-6-14/h3-6,11-12,18H,7-10H2,1-2H3/t11-,12+. The van der Waals surface area contributed by atoms with E-state index in [0.29, 0.717) is 24.2 Å². The van der Waals surface area contributed by atoms with Gasteiger partial charge in [0.15, 0.2) is 6.61 Å². The molecule has 120 valence electrons. The average molecular weight is 307 g/mol. The number of aliphatic hydroxyl groups excluding tert-OH is 1. The zero-order valence-electron chi connectivity index (χ0n) is 12.8. The van der Waals surface area contributed by atoms with Gasteiger partial charge in [0, 0.05) is 13.1 Å². The van der Waals surface area contributed by atoms with Gasteiger partial charge in [-0.25, -0.2) is 4.79 Å². The van der Waals surface area contributed by atoms with E-state index in [2.05, 4.69) is 0 Å². The molecule has 2 atom stereocenters. The Kier molecular flexibility index (Phi) is 5.51. The highest BCUT2D eigenvalue weighted by Gasteiger charge is 2.26. The van der Waals surface area contributed by atoms with Gasteiger partial charge in [0.25, 0.3) is 5.91 Å². The lowest BCUT2D eigenvalue weighted by Gasteiger charge is -2.35. The smallest absolute Gasteiger partial charge is 0.338 e. The number of carbonyl (C=O) groups is 2. The predicted molar refractivity (Wildman–Crippen MR) is 79.2 cm³/mol. The van der Waals surface area contributed by atoms with E-state index < -0.39 is 5.97 Å². The van der Waals surface area contributed by atoms with E-state index in [1.54, 1.807) is 29.2 Å². The first kappa shape index (κ1) is 16.5. The van der Waals surface area contributed by atoms with Crippen LogP contribution in [0.2, 0.25) is 0 Å². The van der Waals surface area contributed by atoms with Crippen LogP contribution in [0.4, 0.5) is 0 Å². The van der Waals surface area contributed by atoms with Gasteiger partial charge in [-0.2, -0.15) is 0 Å². The minimum atomic E-state index is -0.549. The second kappa shape index (κ2) is 7.38. The lowest BCUT2D eigenvalue weighted by molar-refractivity contribution is -0.146. The van der Waals surface area contributed by atoms with Crippen molar-refractivity contribution in [3.8, 4) is 0 Å². The summed E-state index contributed by atoms with van der Waals surface area (Å²) in [5, 5.41) is 8.95. The molecular formula is C16H21NO5. The van der Waals surface area contributed by atoms with E-state index in [1.165, 1.54) is 0 Å². The molecule has 0 saturated carbocycles. The number of benzene rings is 1. The van der Waals surface area contributed by atoms with Crippen molar-refractivity contribution in [1.82, 2.24) is 4.90 Å². The summed E-state index contributed by atoms with van der Waals surface area (Å²) in [4.78, 5) is 25.6. The molecule has 0 aliphatic carbocycles. The SMILES string of the molecule is C[C@@H]1CN(C(=O)COC(=O)c2ccc(CO)cc2)C[C@H](C)O1. The molecule has 22 heavy (non-hydrogen) atoms. The Bertz CT molecular complexity index is 518. The number of amides is 1. The molecule has 1 amide bonds. The van der Waals surface area contributed by atoms with Crippen molar-refractivity contribution in [2.75, 3.05) is 19.7 Å². The number of rotatable bonds is 4. The summed E-state index contributed by atoms with van der Waals surface area (Å²) < 4.78 is 10.6. The van der Waals surface area contributed by atoms with Crippen LogP contribution in [0.15, 0.2) is 24.3 Å². The van der Waals surface area contributed by atoms with Gasteiger partial charge in [-0.05, 0) is 31.5 Å². The molecule has 0 unspecified atom stereocenters. The fourth-order valence-corrected chi connectivity index (χ4v) is 2.43. The normalized spacial score (nSPS) is 21.5. The number of aliphatic hydroxyl groups is 1. The molecule has 1 aromatic rings. The lowest BCUT2D eigenvalue weighted by Crippen LogP contribution is -2.49. The van der Waals surface area contributed by atoms with Crippen molar-refractivity contribution in [2.45, 2.75) is 32.7 Å². The highest BCUT2D eigenvalue weighted by molar-refractivity contribution is 5.91. The summed E-state index contributed by atoms with van der Waals surface area (Å²) in [6.07, 6.45) is -0.0381. The molecule has 0 bridgehead atoms. The number of carbonyl (C=O) groups excluding carboxylic acids is 2. The molecule has 0 radical (unpaired) electrons. The number of esters is 1. The van der Waals surface area contributed by atoms with E-state index >= 15 is 0 Å². The monoisotopic (exact) mass is 307 g/mol. The summed E-state index contributed by atoms with van der Waals surface area (Å²) >= 11 is 0. The third kappa shape index (κ3) is 4.29. The van der Waals surface area contributed by atoms with Crippen molar-refractivity contribution < 1.29 is 24.2 Å².